The van der Waals surface area contributed by atoms with Crippen LogP contribution in [0.1, 0.15) is 43.6 Å². The van der Waals surface area contributed by atoms with Crippen molar-refractivity contribution in [3.8, 4) is 0 Å². The molecule has 3 N–H and O–H groups in total. The second kappa shape index (κ2) is 6.50. The molecule has 3 heterocycles. The number of hydrogen-bond donors (Lipinski definition) is 3. The summed E-state index contributed by atoms with van der Waals surface area (Å²) >= 11 is 0. The molecule has 0 radical (unpaired) electrons. The topological polar surface area (TPSA) is 88.1 Å². The highest BCUT2D eigenvalue weighted by Crippen LogP contribution is 2.32. The molecule has 1 spiro atoms. The number of imidazole rings is 1. The van der Waals surface area contributed by atoms with Gasteiger partial charge in [0, 0.05) is 25.2 Å². The third-order valence-electron chi connectivity index (χ3n) is 5.93. The van der Waals surface area contributed by atoms with Crippen LogP contribution in [0.25, 0.3) is 0 Å². The first-order chi connectivity index (χ1) is 12.7. The highest BCUT2D eigenvalue weighted by molar-refractivity contribution is 6.07. The Morgan fingerprint density at radius 2 is 2.00 bits per heavy atom. The molecule has 148 valence electrons. The first-order valence-corrected chi connectivity index (χ1v) is 9.25. The van der Waals surface area contributed by atoms with E-state index in [4.69, 9.17) is 0 Å². The van der Waals surface area contributed by atoms with Crippen molar-refractivity contribution in [3.63, 3.8) is 0 Å². The Balaban J connectivity index is 1.28. The molecule has 0 bridgehead atoms. The summed E-state index contributed by atoms with van der Waals surface area (Å²) in [6.45, 7) is 1.25. The molecule has 27 heavy (non-hydrogen) atoms. The number of carbonyl (C=O) groups excluding carboxylic acids is 2. The molecular formula is C17H22F3N5O2. The molecule has 4 rings (SSSR count). The van der Waals surface area contributed by atoms with Crippen molar-refractivity contribution in [2.75, 3.05) is 6.54 Å². The third-order valence-corrected chi connectivity index (χ3v) is 5.93. The maximum atomic E-state index is 12.8. The molecule has 0 aromatic carbocycles. The van der Waals surface area contributed by atoms with Gasteiger partial charge in [-0.1, -0.05) is 0 Å². The second-order valence-corrected chi connectivity index (χ2v) is 7.77. The van der Waals surface area contributed by atoms with Crippen molar-refractivity contribution in [3.05, 3.63) is 17.7 Å². The number of amides is 3. The molecule has 1 aromatic rings. The van der Waals surface area contributed by atoms with Gasteiger partial charge in [-0.2, -0.15) is 13.2 Å². The van der Waals surface area contributed by atoms with E-state index in [0.717, 1.165) is 32.0 Å². The van der Waals surface area contributed by atoms with Crippen molar-refractivity contribution in [2.24, 2.45) is 5.92 Å². The highest BCUT2D eigenvalue weighted by Gasteiger charge is 2.48. The van der Waals surface area contributed by atoms with Crippen molar-refractivity contribution in [1.82, 2.24) is 25.5 Å². The van der Waals surface area contributed by atoms with E-state index < -0.39 is 23.4 Å². The standard InChI is InChI=1S/C17H22F3N5O2/c18-17(19,20)12-9-25-8-10(1-2-13(25)22-12)7-21-11-3-5-16(6-4-11)14(26)23-15(27)24-16/h9-11,21H,1-8H2,(H2,23,24,26,27)/t10-,11?,16?/m0/s1. The number of urea groups is 1. The van der Waals surface area contributed by atoms with E-state index in [2.05, 4.69) is 20.9 Å². The van der Waals surface area contributed by atoms with Crippen LogP contribution in [0, 0.1) is 5.92 Å². The van der Waals surface area contributed by atoms with Crippen molar-refractivity contribution in [2.45, 2.75) is 62.8 Å². The summed E-state index contributed by atoms with van der Waals surface area (Å²) in [5, 5.41) is 8.53. The van der Waals surface area contributed by atoms with Gasteiger partial charge >= 0.3 is 12.2 Å². The molecule has 1 atom stereocenters. The highest BCUT2D eigenvalue weighted by atomic mass is 19.4. The van der Waals surface area contributed by atoms with Crippen molar-refractivity contribution < 1.29 is 22.8 Å². The van der Waals surface area contributed by atoms with Gasteiger partial charge in [0.15, 0.2) is 5.69 Å². The SMILES string of the molecule is O=C1NC(=O)C2(CCC(NC[C@@H]3CCc4nc(C(F)(F)F)cn4C3)CC2)N1. The van der Waals surface area contributed by atoms with E-state index in [-0.39, 0.29) is 17.9 Å². The van der Waals surface area contributed by atoms with Crippen LogP contribution in [0.3, 0.4) is 0 Å². The number of hydrogen-bond acceptors (Lipinski definition) is 4. The lowest BCUT2D eigenvalue weighted by molar-refractivity contribution is -0.141. The average Bonchev–Trinajstić information content (AvgIpc) is 3.15. The molecule has 2 aliphatic heterocycles. The molecule has 1 saturated heterocycles. The summed E-state index contributed by atoms with van der Waals surface area (Å²) in [7, 11) is 0. The van der Waals surface area contributed by atoms with E-state index in [9.17, 15) is 22.8 Å². The first-order valence-electron chi connectivity index (χ1n) is 9.25. The lowest BCUT2D eigenvalue weighted by Crippen LogP contribution is -2.52. The lowest BCUT2D eigenvalue weighted by Gasteiger charge is -2.36. The predicted molar refractivity (Wildman–Crippen MR) is 88.7 cm³/mol. The minimum Gasteiger partial charge on any atom is -0.334 e. The molecule has 7 nitrogen and oxygen atoms in total. The summed E-state index contributed by atoms with van der Waals surface area (Å²) in [6.07, 6.45) is 0.773. The number of halogens is 3. The number of fused-ring (bicyclic) bond motifs is 1. The molecule has 3 amide bonds. The molecule has 10 heteroatoms. The quantitative estimate of drug-likeness (QED) is 0.690. The molecule has 0 unspecified atom stereocenters. The van der Waals surface area contributed by atoms with Gasteiger partial charge in [-0.15, -0.1) is 0 Å². The number of imide groups is 1. The number of alkyl halides is 3. The third kappa shape index (κ3) is 3.54. The largest absolute Gasteiger partial charge is 0.434 e. The minimum absolute atomic E-state index is 0.244. The summed E-state index contributed by atoms with van der Waals surface area (Å²) < 4.78 is 40.0. The van der Waals surface area contributed by atoms with Crippen LogP contribution in [-0.2, 0) is 23.9 Å². The fraction of sp³-hybridized carbons (Fsp3) is 0.706. The Morgan fingerprint density at radius 1 is 1.26 bits per heavy atom. The van der Waals surface area contributed by atoms with Gasteiger partial charge in [0.2, 0.25) is 0 Å². The Bertz CT molecular complexity index is 752. The van der Waals surface area contributed by atoms with E-state index in [1.54, 1.807) is 4.57 Å². The molecule has 1 aliphatic carbocycles. The Hall–Kier alpha value is -2.10. The zero-order valence-corrected chi connectivity index (χ0v) is 14.7. The number of carbonyl (C=O) groups is 2. The fourth-order valence-corrected chi connectivity index (χ4v) is 4.35. The predicted octanol–water partition coefficient (Wildman–Crippen LogP) is 1.57. The normalized spacial score (nSPS) is 30.9. The van der Waals surface area contributed by atoms with E-state index in [1.165, 1.54) is 0 Å². The van der Waals surface area contributed by atoms with Gasteiger partial charge in [-0.05, 0) is 44.6 Å². The second-order valence-electron chi connectivity index (χ2n) is 7.77. The Kier molecular flexibility index (Phi) is 4.40. The fourth-order valence-electron chi connectivity index (χ4n) is 4.35. The summed E-state index contributed by atoms with van der Waals surface area (Å²) in [4.78, 5) is 27.0. The van der Waals surface area contributed by atoms with Gasteiger partial charge in [-0.25, -0.2) is 9.78 Å². The van der Waals surface area contributed by atoms with Crippen LogP contribution in [0.5, 0.6) is 0 Å². The first kappa shape index (κ1) is 18.3. The zero-order valence-electron chi connectivity index (χ0n) is 14.7. The van der Waals surface area contributed by atoms with Crippen molar-refractivity contribution in [1.29, 1.82) is 0 Å². The lowest BCUT2D eigenvalue weighted by atomic mass is 9.79. The monoisotopic (exact) mass is 385 g/mol. The van der Waals surface area contributed by atoms with Crippen LogP contribution in [-0.4, -0.2) is 39.6 Å². The maximum absolute atomic E-state index is 12.8. The van der Waals surface area contributed by atoms with Crippen LogP contribution >= 0.6 is 0 Å². The number of nitrogens with zero attached hydrogens (tertiary/aromatic N) is 2. The van der Waals surface area contributed by atoms with Crippen LogP contribution in [0.15, 0.2) is 6.20 Å². The molecular weight excluding hydrogens is 363 g/mol. The van der Waals surface area contributed by atoms with Crippen LogP contribution in [0.2, 0.25) is 0 Å². The Morgan fingerprint density at radius 3 is 2.63 bits per heavy atom. The van der Waals surface area contributed by atoms with Gasteiger partial charge < -0.3 is 15.2 Å². The molecule has 1 aromatic heterocycles. The van der Waals surface area contributed by atoms with E-state index >= 15 is 0 Å². The van der Waals surface area contributed by atoms with Crippen LogP contribution in [0.4, 0.5) is 18.0 Å². The Labute approximate surface area is 154 Å². The summed E-state index contributed by atoms with van der Waals surface area (Å²) in [5.41, 5.74) is -1.58. The van der Waals surface area contributed by atoms with Gasteiger partial charge in [0.05, 0.1) is 0 Å². The van der Waals surface area contributed by atoms with Crippen molar-refractivity contribution >= 4 is 11.9 Å². The smallest absolute Gasteiger partial charge is 0.334 e. The molecule has 1 saturated carbocycles. The van der Waals surface area contributed by atoms with E-state index in [0.29, 0.717) is 31.6 Å². The summed E-state index contributed by atoms with van der Waals surface area (Å²) in [6, 6.07) is -0.182. The number of aryl methyl sites for hydroxylation is 1. The number of rotatable bonds is 3. The van der Waals surface area contributed by atoms with Crippen LogP contribution < -0.4 is 16.0 Å². The maximum Gasteiger partial charge on any atom is 0.434 e. The van der Waals surface area contributed by atoms with Gasteiger partial charge in [-0.3, -0.25) is 10.1 Å². The molecule has 3 aliphatic rings. The van der Waals surface area contributed by atoms with Gasteiger partial charge in [0.25, 0.3) is 5.91 Å². The molecule has 2 fully saturated rings. The average molecular weight is 385 g/mol. The number of aromatic nitrogens is 2. The number of nitrogens with one attached hydrogen (secondary N) is 3. The zero-order chi connectivity index (χ0) is 19.2. The minimum atomic E-state index is -4.40. The van der Waals surface area contributed by atoms with E-state index in [1.807, 2.05) is 0 Å². The van der Waals surface area contributed by atoms with Gasteiger partial charge in [0.1, 0.15) is 11.4 Å². The summed E-state index contributed by atoms with van der Waals surface area (Å²) in [5.74, 6) is 0.505.